The number of benzene rings is 2. The second kappa shape index (κ2) is 6.31. The maximum Gasteiger partial charge on any atom is 0.573 e. The standard InChI is InChI=1S/C17H11F3N2O3/c18-17(19,20)25-11-7-5-10(6-8-11)22-16(24)15(23)13-9-21-14-4-2-1-3-12(13)14/h1-9,21H,(H,22,24). The number of halogens is 3. The number of nitrogens with one attached hydrogen (secondary N) is 2. The van der Waals surface area contributed by atoms with Crippen molar-refractivity contribution in [1.82, 2.24) is 4.98 Å². The number of amides is 1. The van der Waals surface area contributed by atoms with E-state index in [0.717, 1.165) is 12.1 Å². The van der Waals surface area contributed by atoms with Gasteiger partial charge in [-0.15, -0.1) is 13.2 Å². The van der Waals surface area contributed by atoms with Crippen LogP contribution in [0.3, 0.4) is 0 Å². The van der Waals surface area contributed by atoms with E-state index in [-0.39, 0.29) is 11.3 Å². The van der Waals surface area contributed by atoms with Crippen LogP contribution in [0.5, 0.6) is 5.75 Å². The van der Waals surface area contributed by atoms with E-state index < -0.39 is 23.8 Å². The van der Waals surface area contributed by atoms with Crippen molar-refractivity contribution in [2.75, 3.05) is 5.32 Å². The average molecular weight is 348 g/mol. The number of aromatic amines is 1. The molecule has 25 heavy (non-hydrogen) atoms. The summed E-state index contributed by atoms with van der Waals surface area (Å²) in [5.74, 6) is -2.07. The molecule has 0 bridgehead atoms. The molecule has 5 nitrogen and oxygen atoms in total. The molecule has 0 aliphatic rings. The van der Waals surface area contributed by atoms with Gasteiger partial charge in [0.25, 0.3) is 11.7 Å². The minimum atomic E-state index is -4.80. The highest BCUT2D eigenvalue weighted by molar-refractivity contribution is 6.48. The van der Waals surface area contributed by atoms with E-state index in [9.17, 15) is 22.8 Å². The molecule has 0 aliphatic heterocycles. The van der Waals surface area contributed by atoms with E-state index in [2.05, 4.69) is 15.0 Å². The van der Waals surface area contributed by atoms with Gasteiger partial charge in [0.15, 0.2) is 0 Å². The first-order chi connectivity index (χ1) is 11.8. The normalized spacial score (nSPS) is 11.3. The molecule has 0 spiro atoms. The number of carbonyl (C=O) groups is 2. The van der Waals surface area contributed by atoms with Crippen LogP contribution in [0, 0.1) is 0 Å². The number of aromatic nitrogens is 1. The van der Waals surface area contributed by atoms with Crippen LogP contribution < -0.4 is 10.1 Å². The molecular formula is C17H11F3N2O3. The van der Waals surface area contributed by atoms with Gasteiger partial charge in [0, 0.05) is 22.8 Å². The molecule has 0 radical (unpaired) electrons. The van der Waals surface area contributed by atoms with Crippen LogP contribution in [0.4, 0.5) is 18.9 Å². The van der Waals surface area contributed by atoms with Crippen LogP contribution in [0.15, 0.2) is 54.7 Å². The lowest BCUT2D eigenvalue weighted by Gasteiger charge is -2.09. The Morgan fingerprint density at radius 1 is 1.00 bits per heavy atom. The summed E-state index contributed by atoms with van der Waals surface area (Å²) in [4.78, 5) is 27.2. The van der Waals surface area contributed by atoms with E-state index >= 15 is 0 Å². The van der Waals surface area contributed by atoms with Crippen molar-refractivity contribution < 1.29 is 27.5 Å². The zero-order valence-electron chi connectivity index (χ0n) is 12.6. The molecule has 1 amide bonds. The molecule has 3 aromatic rings. The van der Waals surface area contributed by atoms with Gasteiger partial charge in [-0.05, 0) is 30.3 Å². The van der Waals surface area contributed by atoms with Crippen LogP contribution in [-0.4, -0.2) is 23.0 Å². The van der Waals surface area contributed by atoms with Gasteiger partial charge in [-0.3, -0.25) is 9.59 Å². The number of fused-ring (bicyclic) bond motifs is 1. The Labute approximate surface area is 139 Å². The summed E-state index contributed by atoms with van der Waals surface area (Å²) in [6.07, 6.45) is -3.36. The number of alkyl halides is 3. The molecule has 2 aromatic carbocycles. The SMILES string of the molecule is O=C(Nc1ccc(OC(F)(F)F)cc1)C(=O)c1c[nH]c2ccccc12. The van der Waals surface area contributed by atoms with Crippen molar-refractivity contribution in [2.45, 2.75) is 6.36 Å². The maximum absolute atomic E-state index is 12.3. The molecule has 0 saturated carbocycles. The number of para-hydroxylation sites is 1. The number of ether oxygens (including phenoxy) is 1. The van der Waals surface area contributed by atoms with Crippen molar-refractivity contribution >= 4 is 28.3 Å². The molecular weight excluding hydrogens is 337 g/mol. The average Bonchev–Trinajstić information content (AvgIpc) is 2.98. The third-order valence-electron chi connectivity index (χ3n) is 3.39. The number of rotatable bonds is 4. The van der Waals surface area contributed by atoms with Crippen LogP contribution in [0.25, 0.3) is 10.9 Å². The Bertz CT molecular complexity index is 930. The fourth-order valence-corrected chi connectivity index (χ4v) is 2.31. The predicted molar refractivity (Wildman–Crippen MR) is 84.4 cm³/mol. The fourth-order valence-electron chi connectivity index (χ4n) is 2.31. The maximum atomic E-state index is 12.3. The van der Waals surface area contributed by atoms with Crippen molar-refractivity contribution in [1.29, 1.82) is 0 Å². The van der Waals surface area contributed by atoms with Gasteiger partial charge in [-0.2, -0.15) is 0 Å². The lowest BCUT2D eigenvalue weighted by Crippen LogP contribution is -2.22. The summed E-state index contributed by atoms with van der Waals surface area (Å²) in [5, 5.41) is 2.95. The Kier molecular flexibility index (Phi) is 4.18. The van der Waals surface area contributed by atoms with Crippen LogP contribution in [0.1, 0.15) is 10.4 Å². The first-order valence-corrected chi connectivity index (χ1v) is 7.11. The van der Waals surface area contributed by atoms with Crippen molar-refractivity contribution in [3.63, 3.8) is 0 Å². The van der Waals surface area contributed by atoms with Gasteiger partial charge >= 0.3 is 6.36 Å². The molecule has 0 saturated heterocycles. The van der Waals surface area contributed by atoms with E-state index in [1.165, 1.54) is 18.3 Å². The Balaban J connectivity index is 1.72. The molecule has 0 aliphatic carbocycles. The van der Waals surface area contributed by atoms with Crippen molar-refractivity contribution in [2.24, 2.45) is 0 Å². The highest BCUT2D eigenvalue weighted by Crippen LogP contribution is 2.24. The van der Waals surface area contributed by atoms with Crippen molar-refractivity contribution in [3.05, 3.63) is 60.3 Å². The third kappa shape index (κ3) is 3.79. The first-order valence-electron chi connectivity index (χ1n) is 7.11. The largest absolute Gasteiger partial charge is 0.573 e. The summed E-state index contributed by atoms with van der Waals surface area (Å²) >= 11 is 0. The summed E-state index contributed by atoms with van der Waals surface area (Å²) in [5.41, 5.74) is 1.10. The molecule has 2 N–H and O–H groups in total. The highest BCUT2D eigenvalue weighted by Gasteiger charge is 2.31. The second-order valence-electron chi connectivity index (χ2n) is 5.10. The number of ketones is 1. The quantitative estimate of drug-likeness (QED) is 0.555. The first kappa shape index (κ1) is 16.6. The summed E-state index contributed by atoms with van der Waals surface area (Å²) in [7, 11) is 0. The van der Waals surface area contributed by atoms with Gasteiger partial charge in [0.05, 0.1) is 5.56 Å². The smallest absolute Gasteiger partial charge is 0.406 e. The molecule has 0 unspecified atom stereocenters. The van der Waals surface area contributed by atoms with E-state index in [4.69, 9.17) is 0 Å². The van der Waals surface area contributed by atoms with Gasteiger partial charge in [0.1, 0.15) is 5.75 Å². The Morgan fingerprint density at radius 3 is 2.36 bits per heavy atom. The molecule has 0 atom stereocenters. The number of Topliss-reactive ketones (excluding diaryl/α,β-unsaturated/α-hetero) is 1. The van der Waals surface area contributed by atoms with E-state index in [0.29, 0.717) is 10.9 Å². The van der Waals surface area contributed by atoms with Gasteiger partial charge in [0.2, 0.25) is 0 Å². The molecule has 128 valence electrons. The third-order valence-corrected chi connectivity index (χ3v) is 3.39. The van der Waals surface area contributed by atoms with Gasteiger partial charge in [-0.1, -0.05) is 18.2 Å². The second-order valence-corrected chi connectivity index (χ2v) is 5.10. The molecule has 8 heteroatoms. The van der Waals surface area contributed by atoms with Gasteiger partial charge in [-0.25, -0.2) is 0 Å². The number of hydrogen-bond acceptors (Lipinski definition) is 3. The van der Waals surface area contributed by atoms with Gasteiger partial charge < -0.3 is 15.0 Å². The highest BCUT2D eigenvalue weighted by atomic mass is 19.4. The minimum absolute atomic E-state index is 0.174. The summed E-state index contributed by atoms with van der Waals surface area (Å²) < 4.78 is 40.0. The molecule has 0 fully saturated rings. The molecule has 1 heterocycles. The summed E-state index contributed by atoms with van der Waals surface area (Å²) in [6, 6.07) is 11.5. The Morgan fingerprint density at radius 2 is 1.68 bits per heavy atom. The number of H-pyrrole nitrogens is 1. The zero-order chi connectivity index (χ0) is 18.0. The van der Waals surface area contributed by atoms with Crippen LogP contribution >= 0.6 is 0 Å². The number of anilines is 1. The van der Waals surface area contributed by atoms with Crippen molar-refractivity contribution in [3.8, 4) is 5.75 Å². The lowest BCUT2D eigenvalue weighted by molar-refractivity contribution is -0.274. The topological polar surface area (TPSA) is 71.2 Å². The van der Waals surface area contributed by atoms with E-state index in [1.54, 1.807) is 24.3 Å². The van der Waals surface area contributed by atoms with Crippen LogP contribution in [0.2, 0.25) is 0 Å². The Hall–Kier alpha value is -3.29. The van der Waals surface area contributed by atoms with Crippen LogP contribution in [-0.2, 0) is 4.79 Å². The monoisotopic (exact) mass is 348 g/mol. The number of carbonyl (C=O) groups excluding carboxylic acids is 2. The molecule has 1 aromatic heterocycles. The predicted octanol–water partition coefficient (Wildman–Crippen LogP) is 3.89. The zero-order valence-corrected chi connectivity index (χ0v) is 12.6. The molecule has 3 rings (SSSR count). The van der Waals surface area contributed by atoms with E-state index in [1.807, 2.05) is 0 Å². The number of hydrogen-bond donors (Lipinski definition) is 2. The fraction of sp³-hybridized carbons (Fsp3) is 0.0588. The minimum Gasteiger partial charge on any atom is -0.406 e. The summed E-state index contributed by atoms with van der Waals surface area (Å²) in [6.45, 7) is 0. The lowest BCUT2D eigenvalue weighted by atomic mass is 10.1.